The van der Waals surface area contributed by atoms with Crippen LogP contribution in [0, 0.1) is 0 Å². The SMILES string of the molecule is CCCCCCCCCCCC1(C)OCC(COC(=O)Nc2ccc(N(CCCC)CCCS(=O)(=O)O)cc2)O1. The van der Waals surface area contributed by atoms with Gasteiger partial charge < -0.3 is 19.1 Å². The van der Waals surface area contributed by atoms with Gasteiger partial charge in [-0.1, -0.05) is 71.6 Å². The second-order valence-corrected chi connectivity index (χ2v) is 12.6. The van der Waals surface area contributed by atoms with Gasteiger partial charge in [-0.3, -0.25) is 9.87 Å². The van der Waals surface area contributed by atoms with Crippen molar-refractivity contribution in [2.45, 2.75) is 116 Å². The van der Waals surface area contributed by atoms with Gasteiger partial charge >= 0.3 is 6.09 Å². The van der Waals surface area contributed by atoms with E-state index >= 15 is 0 Å². The average Bonchev–Trinajstić information content (AvgIpc) is 3.29. The summed E-state index contributed by atoms with van der Waals surface area (Å²) in [6, 6.07) is 7.33. The highest BCUT2D eigenvalue weighted by atomic mass is 32.2. The van der Waals surface area contributed by atoms with Crippen LogP contribution in [0.15, 0.2) is 24.3 Å². The van der Waals surface area contributed by atoms with Crippen LogP contribution in [0.1, 0.15) is 104 Å². The Balaban J connectivity index is 1.68. The Bertz CT molecular complexity index is 942. The number of rotatable bonds is 21. The van der Waals surface area contributed by atoms with Gasteiger partial charge in [0, 0.05) is 30.9 Å². The van der Waals surface area contributed by atoms with Crippen LogP contribution in [-0.4, -0.2) is 63.0 Å². The highest BCUT2D eigenvalue weighted by Gasteiger charge is 2.37. The Labute approximate surface area is 242 Å². The van der Waals surface area contributed by atoms with Gasteiger partial charge in [-0.25, -0.2) is 4.79 Å². The summed E-state index contributed by atoms with van der Waals surface area (Å²) in [4.78, 5) is 14.4. The number of benzene rings is 1. The van der Waals surface area contributed by atoms with Crippen molar-refractivity contribution in [3.05, 3.63) is 24.3 Å². The number of amides is 1. The molecule has 2 N–H and O–H groups in total. The largest absolute Gasteiger partial charge is 0.446 e. The molecule has 0 radical (unpaired) electrons. The first-order valence-electron chi connectivity index (χ1n) is 15.2. The van der Waals surface area contributed by atoms with Crippen molar-refractivity contribution in [2.24, 2.45) is 0 Å². The maximum Gasteiger partial charge on any atom is 0.411 e. The lowest BCUT2D eigenvalue weighted by Crippen LogP contribution is -2.29. The summed E-state index contributed by atoms with van der Waals surface area (Å²) in [5.41, 5.74) is 1.52. The van der Waals surface area contributed by atoms with E-state index in [1.807, 2.05) is 19.1 Å². The van der Waals surface area contributed by atoms with Gasteiger partial charge in [-0.2, -0.15) is 8.42 Å². The summed E-state index contributed by atoms with van der Waals surface area (Å²) in [6.07, 6.45) is 13.7. The Morgan fingerprint density at radius 2 is 1.57 bits per heavy atom. The number of nitrogens with one attached hydrogen (secondary N) is 1. The number of nitrogens with zero attached hydrogens (tertiary/aromatic N) is 1. The first kappa shape index (κ1) is 34.3. The predicted molar refractivity (Wildman–Crippen MR) is 161 cm³/mol. The van der Waals surface area contributed by atoms with Crippen molar-refractivity contribution in [1.82, 2.24) is 0 Å². The molecule has 2 rings (SSSR count). The number of carbonyl (C=O) groups excluding carboxylic acids is 1. The maximum atomic E-state index is 12.4. The smallest absolute Gasteiger partial charge is 0.411 e. The lowest BCUT2D eigenvalue weighted by molar-refractivity contribution is -0.162. The third kappa shape index (κ3) is 14.7. The molecule has 10 heteroatoms. The van der Waals surface area contributed by atoms with E-state index in [-0.39, 0.29) is 18.5 Å². The minimum atomic E-state index is -3.98. The van der Waals surface area contributed by atoms with Crippen molar-refractivity contribution >= 4 is 27.6 Å². The predicted octanol–water partition coefficient (Wildman–Crippen LogP) is 7.17. The molecule has 1 aliphatic rings. The highest BCUT2D eigenvalue weighted by molar-refractivity contribution is 7.85. The lowest BCUT2D eigenvalue weighted by Gasteiger charge is -2.25. The second kappa shape index (κ2) is 18.5. The number of hydrogen-bond donors (Lipinski definition) is 2. The summed E-state index contributed by atoms with van der Waals surface area (Å²) in [6.45, 7) is 8.11. The van der Waals surface area contributed by atoms with E-state index in [2.05, 4.69) is 24.1 Å². The van der Waals surface area contributed by atoms with E-state index in [9.17, 15) is 13.2 Å². The van der Waals surface area contributed by atoms with Gasteiger partial charge in [0.25, 0.3) is 10.1 Å². The molecule has 2 atom stereocenters. The molecule has 0 spiro atoms. The van der Waals surface area contributed by atoms with E-state index in [0.717, 1.165) is 37.9 Å². The van der Waals surface area contributed by atoms with Crippen LogP contribution in [0.25, 0.3) is 0 Å². The molecule has 2 unspecified atom stereocenters. The molecule has 1 saturated heterocycles. The standard InChI is InChI=1S/C30H52N2O7S/c1-4-6-8-9-10-11-12-13-14-20-30(3)38-25-28(39-30)24-37-29(33)31-26-16-18-27(19-17-26)32(21-7-5-2)22-15-23-40(34,35)36/h16-19,28H,4-15,20-25H2,1-3H3,(H,31,33)(H,34,35,36). The van der Waals surface area contributed by atoms with Gasteiger partial charge in [-0.05, 0) is 50.5 Å². The molecule has 0 aromatic heterocycles. The molecule has 230 valence electrons. The third-order valence-corrected chi connectivity index (χ3v) is 8.02. The number of anilines is 2. The Kier molecular flexibility index (Phi) is 15.9. The maximum absolute atomic E-state index is 12.4. The molecule has 1 aromatic rings. The Hall–Kier alpha value is -1.88. The fraction of sp³-hybridized carbons (Fsp3) is 0.767. The van der Waals surface area contributed by atoms with Gasteiger partial charge in [0.15, 0.2) is 5.79 Å². The van der Waals surface area contributed by atoms with Gasteiger partial charge in [0.05, 0.1) is 12.4 Å². The summed E-state index contributed by atoms with van der Waals surface area (Å²) in [5, 5.41) is 2.74. The van der Waals surface area contributed by atoms with Crippen molar-refractivity contribution in [1.29, 1.82) is 0 Å². The van der Waals surface area contributed by atoms with Gasteiger partial charge in [0.2, 0.25) is 0 Å². The van der Waals surface area contributed by atoms with Crippen LogP contribution < -0.4 is 10.2 Å². The summed E-state index contributed by atoms with van der Waals surface area (Å²) in [7, 11) is -3.98. The first-order chi connectivity index (χ1) is 19.1. The van der Waals surface area contributed by atoms with E-state index in [1.165, 1.54) is 51.4 Å². The molecule has 0 aliphatic carbocycles. The molecule has 1 amide bonds. The summed E-state index contributed by atoms with van der Waals surface area (Å²) < 4.78 is 48.5. The fourth-order valence-electron chi connectivity index (χ4n) is 4.89. The molecule has 0 saturated carbocycles. The average molecular weight is 585 g/mol. The molecular formula is C30H52N2O7S. The normalized spacial score (nSPS) is 19.1. The van der Waals surface area contributed by atoms with Crippen LogP contribution in [0.3, 0.4) is 0 Å². The third-order valence-electron chi connectivity index (χ3n) is 7.22. The number of ether oxygens (including phenoxy) is 3. The van der Waals surface area contributed by atoms with Gasteiger partial charge in [-0.15, -0.1) is 0 Å². The fourth-order valence-corrected chi connectivity index (χ4v) is 5.39. The molecule has 0 bridgehead atoms. The van der Waals surface area contributed by atoms with Crippen LogP contribution in [0.2, 0.25) is 0 Å². The summed E-state index contributed by atoms with van der Waals surface area (Å²) in [5.74, 6) is -0.887. The molecule has 40 heavy (non-hydrogen) atoms. The van der Waals surface area contributed by atoms with E-state index in [0.29, 0.717) is 25.3 Å². The molecule has 1 aliphatic heterocycles. The highest BCUT2D eigenvalue weighted by Crippen LogP contribution is 2.29. The van der Waals surface area contributed by atoms with Crippen molar-refractivity contribution in [3.63, 3.8) is 0 Å². The van der Waals surface area contributed by atoms with Crippen molar-refractivity contribution in [2.75, 3.05) is 42.3 Å². The van der Waals surface area contributed by atoms with Crippen LogP contribution in [-0.2, 0) is 24.3 Å². The molecule has 9 nitrogen and oxygen atoms in total. The van der Waals surface area contributed by atoms with Gasteiger partial charge in [0.1, 0.15) is 12.7 Å². The van der Waals surface area contributed by atoms with E-state index in [1.54, 1.807) is 12.1 Å². The molecular weight excluding hydrogens is 532 g/mol. The Morgan fingerprint density at radius 3 is 2.20 bits per heavy atom. The summed E-state index contributed by atoms with van der Waals surface area (Å²) >= 11 is 0. The zero-order valence-corrected chi connectivity index (χ0v) is 25.7. The van der Waals surface area contributed by atoms with Crippen LogP contribution >= 0.6 is 0 Å². The molecule has 1 fully saturated rings. The minimum absolute atomic E-state index is 0.121. The topological polar surface area (TPSA) is 114 Å². The number of carbonyl (C=O) groups is 1. The quantitative estimate of drug-likeness (QED) is 0.115. The van der Waals surface area contributed by atoms with E-state index < -0.39 is 22.0 Å². The first-order valence-corrected chi connectivity index (χ1v) is 16.8. The lowest BCUT2D eigenvalue weighted by atomic mass is 10.0. The Morgan fingerprint density at radius 1 is 0.975 bits per heavy atom. The number of hydrogen-bond acceptors (Lipinski definition) is 7. The van der Waals surface area contributed by atoms with Crippen molar-refractivity contribution < 1.29 is 32.0 Å². The van der Waals surface area contributed by atoms with Crippen LogP contribution in [0.4, 0.5) is 16.2 Å². The van der Waals surface area contributed by atoms with Crippen LogP contribution in [0.5, 0.6) is 0 Å². The molecule has 1 heterocycles. The zero-order chi connectivity index (χ0) is 29.3. The van der Waals surface area contributed by atoms with E-state index in [4.69, 9.17) is 18.8 Å². The minimum Gasteiger partial charge on any atom is -0.446 e. The second-order valence-electron chi connectivity index (χ2n) is 11.0. The number of unbranched alkanes of at least 4 members (excludes halogenated alkanes) is 9. The monoisotopic (exact) mass is 584 g/mol. The molecule has 1 aromatic carbocycles. The van der Waals surface area contributed by atoms with Crippen molar-refractivity contribution in [3.8, 4) is 0 Å². The zero-order valence-electron chi connectivity index (χ0n) is 24.9.